The van der Waals surface area contributed by atoms with Crippen molar-refractivity contribution < 1.29 is 9.53 Å². The summed E-state index contributed by atoms with van der Waals surface area (Å²) in [6.07, 6.45) is 0.467. The molecule has 1 aromatic heterocycles. The van der Waals surface area contributed by atoms with E-state index in [0.717, 1.165) is 5.56 Å². The number of rotatable bonds is 6. The fraction of sp³-hybridized carbons (Fsp3) is 0.0909. The smallest absolute Gasteiger partial charge is 0.248 e. The number of nitriles is 2. The quantitative estimate of drug-likeness (QED) is 0.671. The summed E-state index contributed by atoms with van der Waals surface area (Å²) >= 11 is 0. The van der Waals surface area contributed by atoms with Crippen molar-refractivity contribution >= 4 is 11.7 Å². The molecule has 0 saturated heterocycles. The maximum absolute atomic E-state index is 11.3. The first-order valence-electron chi connectivity index (χ1n) is 8.75. The number of benzene rings is 2. The molecule has 4 N–H and O–H groups in total. The summed E-state index contributed by atoms with van der Waals surface area (Å²) in [6, 6.07) is 20.0. The number of aromatic nitrogens is 1. The molecule has 7 nitrogen and oxygen atoms in total. The van der Waals surface area contributed by atoms with Gasteiger partial charge in [-0.15, -0.1) is 0 Å². The van der Waals surface area contributed by atoms with E-state index in [4.69, 9.17) is 16.2 Å². The van der Waals surface area contributed by atoms with Crippen LogP contribution in [0.25, 0.3) is 11.1 Å². The van der Waals surface area contributed by atoms with Crippen LogP contribution in [-0.2, 0) is 6.42 Å². The number of primary amides is 1. The third-order valence-corrected chi connectivity index (χ3v) is 4.32. The Kier molecular flexibility index (Phi) is 5.72. The van der Waals surface area contributed by atoms with E-state index in [1.54, 1.807) is 42.5 Å². The van der Waals surface area contributed by atoms with Crippen LogP contribution in [0.2, 0.25) is 0 Å². The highest BCUT2D eigenvalue weighted by Gasteiger charge is 2.21. The minimum Gasteiger partial charge on any atom is -0.476 e. The zero-order chi connectivity index (χ0) is 20.8. The van der Waals surface area contributed by atoms with Gasteiger partial charge in [0.1, 0.15) is 29.1 Å². The van der Waals surface area contributed by atoms with Gasteiger partial charge in [0.25, 0.3) is 0 Å². The standard InChI is InChI=1S/C22H17N5O2/c23-12-17-19(15-6-2-1-3-7-15)18(13-24)22(27-20(17)25)29-10-9-14-5-4-8-16(11-14)21(26)28/h1-8,11H,9-10H2,(H2,25,27)(H2,26,28). The summed E-state index contributed by atoms with van der Waals surface area (Å²) in [4.78, 5) is 15.4. The molecule has 0 spiro atoms. The normalized spacial score (nSPS) is 10.0. The van der Waals surface area contributed by atoms with Crippen LogP contribution in [0.15, 0.2) is 54.6 Å². The molecule has 2 aromatic carbocycles. The number of anilines is 1. The number of ether oxygens (including phenoxy) is 1. The lowest BCUT2D eigenvalue weighted by Gasteiger charge is -2.14. The summed E-state index contributed by atoms with van der Waals surface area (Å²) in [5, 5.41) is 19.2. The Morgan fingerprint density at radius 2 is 1.76 bits per heavy atom. The highest BCUT2D eigenvalue weighted by molar-refractivity contribution is 5.92. The zero-order valence-electron chi connectivity index (χ0n) is 15.4. The monoisotopic (exact) mass is 383 g/mol. The molecule has 7 heteroatoms. The lowest BCUT2D eigenvalue weighted by Crippen LogP contribution is -2.12. The van der Waals surface area contributed by atoms with E-state index in [1.807, 2.05) is 18.2 Å². The highest BCUT2D eigenvalue weighted by atomic mass is 16.5. The van der Waals surface area contributed by atoms with Crippen LogP contribution in [0, 0.1) is 22.7 Å². The second-order valence-corrected chi connectivity index (χ2v) is 6.18. The van der Waals surface area contributed by atoms with Gasteiger partial charge in [-0.25, -0.2) is 0 Å². The highest BCUT2D eigenvalue weighted by Crippen LogP contribution is 2.34. The summed E-state index contributed by atoms with van der Waals surface area (Å²) < 4.78 is 5.74. The van der Waals surface area contributed by atoms with Gasteiger partial charge in [-0.1, -0.05) is 42.5 Å². The third kappa shape index (κ3) is 4.15. The van der Waals surface area contributed by atoms with Crippen molar-refractivity contribution in [3.8, 4) is 29.1 Å². The summed E-state index contributed by atoms with van der Waals surface area (Å²) in [7, 11) is 0. The first kappa shape index (κ1) is 19.4. The number of nitrogen functional groups attached to an aromatic ring is 1. The molecule has 29 heavy (non-hydrogen) atoms. The average molecular weight is 383 g/mol. The molecule has 0 bridgehead atoms. The average Bonchev–Trinajstić information content (AvgIpc) is 2.74. The van der Waals surface area contributed by atoms with Crippen LogP contribution in [0.1, 0.15) is 27.0 Å². The first-order valence-corrected chi connectivity index (χ1v) is 8.75. The van der Waals surface area contributed by atoms with Crippen molar-refractivity contribution in [1.29, 1.82) is 10.5 Å². The van der Waals surface area contributed by atoms with Gasteiger partial charge in [0.05, 0.1) is 6.61 Å². The van der Waals surface area contributed by atoms with Crippen LogP contribution < -0.4 is 16.2 Å². The van der Waals surface area contributed by atoms with Crippen molar-refractivity contribution in [2.45, 2.75) is 6.42 Å². The predicted octanol–water partition coefficient (Wildman–Crippen LogP) is 2.79. The maximum atomic E-state index is 11.3. The van der Waals surface area contributed by atoms with E-state index in [9.17, 15) is 15.3 Å². The van der Waals surface area contributed by atoms with Crippen molar-refractivity contribution in [2.75, 3.05) is 12.3 Å². The Morgan fingerprint density at radius 1 is 1.03 bits per heavy atom. The Morgan fingerprint density at radius 3 is 2.41 bits per heavy atom. The Balaban J connectivity index is 1.91. The fourth-order valence-corrected chi connectivity index (χ4v) is 2.94. The molecule has 0 aliphatic carbocycles. The first-order chi connectivity index (χ1) is 14.0. The van der Waals surface area contributed by atoms with Gasteiger partial charge in [-0.2, -0.15) is 15.5 Å². The molecule has 0 atom stereocenters. The molecule has 0 fully saturated rings. The van der Waals surface area contributed by atoms with E-state index in [1.165, 1.54) is 0 Å². The van der Waals surface area contributed by atoms with E-state index < -0.39 is 5.91 Å². The lowest BCUT2D eigenvalue weighted by atomic mass is 9.96. The van der Waals surface area contributed by atoms with Gasteiger partial charge >= 0.3 is 0 Å². The third-order valence-electron chi connectivity index (χ3n) is 4.32. The molecule has 3 rings (SSSR count). The Labute approximate surface area is 167 Å². The minimum atomic E-state index is -0.506. The van der Waals surface area contributed by atoms with Crippen LogP contribution in [0.4, 0.5) is 5.82 Å². The van der Waals surface area contributed by atoms with Gasteiger partial charge in [0.15, 0.2) is 0 Å². The van der Waals surface area contributed by atoms with Gasteiger partial charge in [-0.3, -0.25) is 4.79 Å². The zero-order valence-corrected chi connectivity index (χ0v) is 15.4. The molecule has 0 unspecified atom stereocenters. The second kappa shape index (κ2) is 8.55. The number of amides is 1. The lowest BCUT2D eigenvalue weighted by molar-refractivity contribution is 0.1000. The summed E-state index contributed by atoms with van der Waals surface area (Å²) in [5.41, 5.74) is 13.9. The van der Waals surface area contributed by atoms with E-state index in [-0.39, 0.29) is 29.4 Å². The maximum Gasteiger partial charge on any atom is 0.248 e. The van der Waals surface area contributed by atoms with Crippen LogP contribution in [0.3, 0.4) is 0 Å². The topological polar surface area (TPSA) is 139 Å². The number of nitrogens with zero attached hydrogens (tertiary/aromatic N) is 3. The van der Waals surface area contributed by atoms with Crippen molar-refractivity contribution in [3.05, 3.63) is 76.9 Å². The molecule has 3 aromatic rings. The van der Waals surface area contributed by atoms with Crippen LogP contribution in [-0.4, -0.2) is 17.5 Å². The fourth-order valence-electron chi connectivity index (χ4n) is 2.94. The number of hydrogen-bond donors (Lipinski definition) is 2. The molecule has 0 aliphatic heterocycles. The number of carbonyl (C=O) groups is 1. The number of pyridine rings is 1. The van der Waals surface area contributed by atoms with Crippen molar-refractivity contribution in [3.63, 3.8) is 0 Å². The van der Waals surface area contributed by atoms with Gasteiger partial charge in [0, 0.05) is 17.5 Å². The molecule has 0 aliphatic rings. The van der Waals surface area contributed by atoms with Gasteiger partial charge in [-0.05, 0) is 23.3 Å². The van der Waals surface area contributed by atoms with E-state index in [0.29, 0.717) is 23.1 Å². The summed E-state index contributed by atoms with van der Waals surface area (Å²) in [6.45, 7) is 0.198. The number of hydrogen-bond acceptors (Lipinski definition) is 6. The SMILES string of the molecule is N#Cc1c(N)nc(OCCc2cccc(C(N)=O)c2)c(C#N)c1-c1ccccc1. The Bertz CT molecular complexity index is 1140. The van der Waals surface area contributed by atoms with E-state index in [2.05, 4.69) is 11.1 Å². The molecule has 142 valence electrons. The van der Waals surface area contributed by atoms with Gasteiger partial charge < -0.3 is 16.2 Å². The molecular formula is C22H17N5O2. The van der Waals surface area contributed by atoms with Crippen LogP contribution in [0.5, 0.6) is 5.88 Å². The largest absolute Gasteiger partial charge is 0.476 e. The minimum absolute atomic E-state index is 0.00363. The Hall–Kier alpha value is -4.36. The van der Waals surface area contributed by atoms with Crippen molar-refractivity contribution in [2.24, 2.45) is 5.73 Å². The predicted molar refractivity (Wildman–Crippen MR) is 108 cm³/mol. The second-order valence-electron chi connectivity index (χ2n) is 6.18. The van der Waals surface area contributed by atoms with Gasteiger partial charge in [0.2, 0.25) is 11.8 Å². The number of carbonyl (C=O) groups excluding carboxylic acids is 1. The van der Waals surface area contributed by atoms with Crippen molar-refractivity contribution in [1.82, 2.24) is 4.98 Å². The van der Waals surface area contributed by atoms with Crippen LogP contribution >= 0.6 is 0 Å². The van der Waals surface area contributed by atoms with E-state index >= 15 is 0 Å². The number of nitrogens with two attached hydrogens (primary N) is 2. The molecule has 0 radical (unpaired) electrons. The molecular weight excluding hydrogens is 366 g/mol. The molecule has 0 saturated carbocycles. The molecule has 1 amide bonds. The summed E-state index contributed by atoms with van der Waals surface area (Å²) in [5.74, 6) is -0.446. The molecule has 1 heterocycles.